The van der Waals surface area contributed by atoms with Crippen molar-refractivity contribution in [3.05, 3.63) is 69.9 Å². The monoisotopic (exact) mass is 1680 g/mol. The molecule has 10 rings (SSSR count). The van der Waals surface area contributed by atoms with E-state index in [0.29, 0.717) is 60.6 Å². The molecular weight excluding hydrogens is 1540 g/mol. The molecule has 0 radical (unpaired) electrons. The van der Waals surface area contributed by atoms with Crippen LogP contribution in [0, 0.1) is 92.7 Å². The van der Waals surface area contributed by atoms with E-state index in [2.05, 4.69) is 81.4 Å². The summed E-state index contributed by atoms with van der Waals surface area (Å²) in [5.74, 6) is 8.07. The van der Waals surface area contributed by atoms with E-state index in [1.807, 2.05) is 0 Å². The van der Waals surface area contributed by atoms with Gasteiger partial charge in [0, 0.05) is 26.1 Å². The normalized spacial score (nSPS) is 37.1. The molecule has 0 aromatic carbocycles. The molecule has 16 heteroatoms. The van der Waals surface area contributed by atoms with E-state index in [9.17, 15) is 19.8 Å². The van der Waals surface area contributed by atoms with Gasteiger partial charge in [0.25, 0.3) is 0 Å². The third-order valence-corrected chi connectivity index (χ3v) is 26.5. The molecule has 10 aliphatic carbocycles. The molecule has 8 fully saturated rings. The number of ether oxygens (including phenoxy) is 2. The van der Waals surface area contributed by atoms with Crippen molar-refractivity contribution in [3.8, 4) is 0 Å². The number of carbonyl (C=O) groups is 2. The van der Waals surface area contributed by atoms with Gasteiger partial charge in [-0.15, -0.1) is 0 Å². The van der Waals surface area contributed by atoms with Crippen molar-refractivity contribution in [2.45, 2.75) is 324 Å². The van der Waals surface area contributed by atoms with Crippen LogP contribution in [-0.4, -0.2) is 92.9 Å². The minimum atomic E-state index is -1.10. The summed E-state index contributed by atoms with van der Waals surface area (Å²) in [6, 6.07) is -0.319. The molecule has 12 N–H and O–H groups in total. The summed E-state index contributed by atoms with van der Waals surface area (Å²) in [5, 5.41) is 36.8. The number of hydrogen-bond donors (Lipinski definition) is 4. The average Bonchev–Trinajstić information content (AvgIpc) is 1.32. The molecule has 14 nitrogen and oxygen atoms in total. The predicted molar refractivity (Wildman–Crippen MR) is 377 cm³/mol. The quantitative estimate of drug-likeness (QED) is 0.0349. The van der Waals surface area contributed by atoms with Gasteiger partial charge in [-0.25, -0.2) is 9.59 Å². The fourth-order valence-electron chi connectivity index (χ4n) is 21.3. The van der Waals surface area contributed by atoms with Gasteiger partial charge in [0.15, 0.2) is 0 Å². The smallest absolute Gasteiger partial charge is 0.676 e. The Hall–Kier alpha value is -1.44. The van der Waals surface area contributed by atoms with Crippen LogP contribution in [0.4, 0.5) is 0 Å². The number of nitrogens with one attached hydrogen (secondary N) is 4. The summed E-state index contributed by atoms with van der Waals surface area (Å²) in [7, 11) is 0. The SMILES string of the molecule is CC(C)CCC[C@@H](C)[C@H]1CC[C@H]2[C@@H]3CC=C4C[C@@H](OCCC/C(O)=C/C(=O)O)CC[C@]4(C)[C@H]3CC[C@]12C.CC(C)CCC[C@@H](C)[C@H]1CC[C@H]2[C@@H]3CC=C4C[C@@H](OCCCC(O)=CC(=O)O)CC[C@]4(C)[C@H]3CC[C@]12C.O.O.[NH-][C@@H]1CCCC[C@H]1[NH-].[NH-][C@@H]1CCCC[C@H]1[NH-].[Pt+2].[Pt+2]. The number of carboxylic acid groups (broad SMARTS) is 2. The Morgan fingerprint density at radius 1 is 0.479 bits per heavy atom. The van der Waals surface area contributed by atoms with Gasteiger partial charge >= 0.3 is 54.1 Å². The van der Waals surface area contributed by atoms with E-state index < -0.39 is 11.9 Å². The van der Waals surface area contributed by atoms with Crippen LogP contribution in [0.25, 0.3) is 22.9 Å². The van der Waals surface area contributed by atoms with Gasteiger partial charge in [-0.05, 0) is 208 Å². The Kier molecular flexibility index (Phi) is 37.2. The number of aliphatic hydroxyl groups is 2. The van der Waals surface area contributed by atoms with Crippen LogP contribution >= 0.6 is 0 Å². The molecule has 0 unspecified atom stereocenters. The van der Waals surface area contributed by atoms with Crippen LogP contribution < -0.4 is 0 Å². The number of hydrogen-bond acceptors (Lipinski definition) is 6. The summed E-state index contributed by atoms with van der Waals surface area (Å²) in [6.45, 7) is 26.2. The maximum atomic E-state index is 10.7. The molecule has 0 spiro atoms. The zero-order chi connectivity index (χ0) is 65.6. The first-order valence-electron chi connectivity index (χ1n) is 37.4. The molecule has 10 aliphatic rings. The molecule has 548 valence electrons. The third-order valence-electron chi connectivity index (χ3n) is 26.5. The van der Waals surface area contributed by atoms with Crippen LogP contribution in [0.3, 0.4) is 0 Å². The van der Waals surface area contributed by atoms with Crippen LogP contribution in [0.15, 0.2) is 47.0 Å². The van der Waals surface area contributed by atoms with Crippen LogP contribution in [0.5, 0.6) is 0 Å². The Labute approximate surface area is 600 Å². The van der Waals surface area contributed by atoms with Crippen molar-refractivity contribution >= 4 is 11.9 Å². The maximum absolute atomic E-state index is 10.7. The summed E-state index contributed by atoms with van der Waals surface area (Å²) in [5.41, 5.74) is 34.2. The van der Waals surface area contributed by atoms with Gasteiger partial charge < -0.3 is 63.8 Å². The molecule has 0 aromatic heterocycles. The molecule has 0 heterocycles. The van der Waals surface area contributed by atoms with E-state index in [1.165, 1.54) is 141 Å². The standard InChI is InChI=1S/2C33H54O4.2C6H12N2.2H2O.2Pt/c2*1-22(2)8-6-9-23(3)28-13-14-29-27-12-11-24-20-26(37-19-7-10-25(34)21-31(35)36)15-17-32(24,4)30(27)16-18-33(28,29)5;2*7-5-3-1-2-4-6(5)8;;;;/h2*11,21-23,26-30,34H,6-10,12-20H2,1-5H3,(H,35,36);2*5-8H,1-4H2;2*1H2;;/q;;2*-2;;;2*+2/b25-21-;;;;;;;/t2*23-,26+,27+,28-,29+,30+,32+,33-;2*5-,6-;;;;/m1111..../s1. The van der Waals surface area contributed by atoms with Crippen LogP contribution in [0.2, 0.25) is 0 Å². The van der Waals surface area contributed by atoms with Gasteiger partial charge in [-0.1, -0.05) is 182 Å². The van der Waals surface area contributed by atoms with Gasteiger partial charge in [-0.2, -0.15) is 24.2 Å². The predicted octanol–water partition coefficient (Wildman–Crippen LogP) is 20.6. The Morgan fingerprint density at radius 3 is 1.13 bits per heavy atom. The second-order valence-corrected chi connectivity index (χ2v) is 33.2. The largest absolute Gasteiger partial charge is 2.00 e. The topological polar surface area (TPSA) is 292 Å². The molecule has 20 atom stereocenters. The summed E-state index contributed by atoms with van der Waals surface area (Å²) >= 11 is 0. The third kappa shape index (κ3) is 22.8. The van der Waals surface area contributed by atoms with Crippen molar-refractivity contribution in [2.75, 3.05) is 13.2 Å². The first-order chi connectivity index (χ1) is 42.7. The van der Waals surface area contributed by atoms with Crippen molar-refractivity contribution in [1.29, 1.82) is 0 Å². The fraction of sp³-hybridized carbons (Fsp3) is 0.872. The minimum Gasteiger partial charge on any atom is -0.676 e. The summed E-state index contributed by atoms with van der Waals surface area (Å²) in [4.78, 5) is 21.3. The van der Waals surface area contributed by atoms with Crippen molar-refractivity contribution in [3.63, 3.8) is 0 Å². The van der Waals surface area contributed by atoms with Crippen molar-refractivity contribution < 1.29 is 92.6 Å². The molecule has 0 saturated heterocycles. The van der Waals surface area contributed by atoms with Crippen molar-refractivity contribution in [1.82, 2.24) is 0 Å². The minimum absolute atomic E-state index is 0. The number of fused-ring (bicyclic) bond motifs is 10. The molecule has 94 heavy (non-hydrogen) atoms. The molecular formula is C78H136N4O10Pt2. The van der Waals surface area contributed by atoms with E-state index in [1.54, 1.807) is 11.1 Å². The molecule has 8 saturated carbocycles. The number of carboxylic acids is 2. The van der Waals surface area contributed by atoms with E-state index in [-0.39, 0.29) is 101 Å². The molecule has 0 amide bonds. The first kappa shape index (κ1) is 86.8. The van der Waals surface area contributed by atoms with Crippen molar-refractivity contribution in [2.24, 2.45) is 92.7 Å². The van der Waals surface area contributed by atoms with E-state index in [4.69, 9.17) is 42.6 Å². The van der Waals surface area contributed by atoms with Gasteiger partial charge in [0.05, 0.1) is 35.9 Å². The molecule has 0 aliphatic heterocycles. The maximum Gasteiger partial charge on any atom is 2.00 e. The number of allylic oxidation sites excluding steroid dienone is 4. The zero-order valence-corrected chi connectivity index (χ0v) is 64.8. The van der Waals surface area contributed by atoms with E-state index in [0.717, 1.165) is 135 Å². The van der Waals surface area contributed by atoms with Gasteiger partial charge in [0.1, 0.15) is 0 Å². The number of rotatable bonds is 22. The number of aliphatic carboxylic acids is 2. The second kappa shape index (κ2) is 40.3. The van der Waals surface area contributed by atoms with Gasteiger partial charge in [-0.3, -0.25) is 0 Å². The van der Waals surface area contributed by atoms with Gasteiger partial charge in [0.2, 0.25) is 0 Å². The van der Waals surface area contributed by atoms with Crippen LogP contribution in [0.1, 0.15) is 288 Å². The fourth-order valence-corrected chi connectivity index (χ4v) is 21.3. The van der Waals surface area contributed by atoms with E-state index >= 15 is 0 Å². The average molecular weight is 1680 g/mol. The Balaban J connectivity index is 0.000000381. The first-order valence-corrected chi connectivity index (χ1v) is 37.4. The summed E-state index contributed by atoms with van der Waals surface area (Å²) < 4.78 is 12.4. The Bertz CT molecular complexity index is 2210. The molecule has 0 aromatic rings. The number of aliphatic hydroxyl groups excluding tert-OH is 2. The zero-order valence-electron chi connectivity index (χ0n) is 60.2. The summed E-state index contributed by atoms with van der Waals surface area (Å²) in [6.07, 6.45) is 47.2. The molecule has 0 bridgehead atoms. The Morgan fingerprint density at radius 2 is 0.819 bits per heavy atom. The van der Waals surface area contributed by atoms with Crippen LogP contribution in [-0.2, 0) is 61.2 Å². The second-order valence-electron chi connectivity index (χ2n) is 33.2.